The Hall–Kier alpha value is -0.820. The van der Waals surface area contributed by atoms with Crippen molar-refractivity contribution in [3.05, 3.63) is 0 Å². The van der Waals surface area contributed by atoms with Crippen molar-refractivity contribution in [1.82, 2.24) is 15.4 Å². The fourth-order valence-corrected chi connectivity index (χ4v) is 2.70. The second kappa shape index (κ2) is 5.22. The van der Waals surface area contributed by atoms with Crippen molar-refractivity contribution in [3.8, 4) is 0 Å². The highest BCUT2D eigenvalue weighted by Gasteiger charge is 2.24. The summed E-state index contributed by atoms with van der Waals surface area (Å²) in [6.45, 7) is 3.69. The molecule has 100 valence electrons. The van der Waals surface area contributed by atoms with E-state index in [0.29, 0.717) is 0 Å². The highest BCUT2D eigenvalue weighted by molar-refractivity contribution is 7.88. The molecule has 1 rings (SSSR count). The van der Waals surface area contributed by atoms with E-state index in [1.165, 1.54) is 0 Å². The van der Waals surface area contributed by atoms with Crippen LogP contribution in [0.4, 0.5) is 4.79 Å². The van der Waals surface area contributed by atoms with E-state index in [1.807, 2.05) is 0 Å². The van der Waals surface area contributed by atoms with Crippen LogP contribution in [0.25, 0.3) is 0 Å². The van der Waals surface area contributed by atoms with Crippen LogP contribution in [-0.2, 0) is 10.0 Å². The Labute approximate surface area is 103 Å². The number of hydrogen-bond acceptors (Lipinski definition) is 3. The lowest BCUT2D eigenvalue weighted by atomic mass is 9.93. The van der Waals surface area contributed by atoms with E-state index >= 15 is 0 Å². The van der Waals surface area contributed by atoms with Gasteiger partial charge in [0.2, 0.25) is 10.0 Å². The molecule has 0 aromatic heterocycles. The fraction of sp³-hybridized carbons (Fsp3) is 0.900. The van der Waals surface area contributed by atoms with Gasteiger partial charge in [-0.05, 0) is 33.1 Å². The standard InChI is InChI=1S/C10H21N3O3S/c1-10(2,13-17(3,15)16)7-11-9(14)12-8-5-4-6-8/h8,13H,4-7H2,1-3H3,(H2,11,12,14). The van der Waals surface area contributed by atoms with E-state index in [4.69, 9.17) is 0 Å². The molecule has 0 heterocycles. The smallest absolute Gasteiger partial charge is 0.315 e. The molecule has 0 bridgehead atoms. The first-order valence-corrected chi connectivity index (χ1v) is 7.60. The Balaban J connectivity index is 2.30. The molecule has 3 N–H and O–H groups in total. The third kappa shape index (κ3) is 5.88. The van der Waals surface area contributed by atoms with Crippen molar-refractivity contribution >= 4 is 16.1 Å². The van der Waals surface area contributed by atoms with Gasteiger partial charge in [-0.25, -0.2) is 17.9 Å². The van der Waals surface area contributed by atoms with Crippen LogP contribution in [0.2, 0.25) is 0 Å². The van der Waals surface area contributed by atoms with Gasteiger partial charge in [-0.15, -0.1) is 0 Å². The molecule has 17 heavy (non-hydrogen) atoms. The van der Waals surface area contributed by atoms with Gasteiger partial charge >= 0.3 is 6.03 Å². The first kappa shape index (κ1) is 14.2. The molecule has 0 aromatic carbocycles. The van der Waals surface area contributed by atoms with Crippen molar-refractivity contribution in [2.75, 3.05) is 12.8 Å². The van der Waals surface area contributed by atoms with Gasteiger partial charge in [0.1, 0.15) is 0 Å². The number of nitrogens with one attached hydrogen (secondary N) is 3. The Morgan fingerprint density at radius 3 is 2.35 bits per heavy atom. The minimum Gasteiger partial charge on any atom is -0.336 e. The topological polar surface area (TPSA) is 87.3 Å². The van der Waals surface area contributed by atoms with Crippen LogP contribution in [0.15, 0.2) is 0 Å². The third-order valence-corrected chi connectivity index (χ3v) is 3.52. The molecule has 1 fully saturated rings. The Morgan fingerprint density at radius 1 is 1.35 bits per heavy atom. The highest BCUT2D eigenvalue weighted by Crippen LogP contribution is 2.17. The molecular formula is C10H21N3O3S. The van der Waals surface area contributed by atoms with Crippen LogP contribution >= 0.6 is 0 Å². The number of rotatable bonds is 5. The Kier molecular flexibility index (Phi) is 4.37. The summed E-state index contributed by atoms with van der Waals surface area (Å²) in [7, 11) is -3.27. The zero-order valence-electron chi connectivity index (χ0n) is 10.5. The highest BCUT2D eigenvalue weighted by atomic mass is 32.2. The van der Waals surface area contributed by atoms with Crippen molar-refractivity contribution < 1.29 is 13.2 Å². The van der Waals surface area contributed by atoms with Crippen LogP contribution < -0.4 is 15.4 Å². The van der Waals surface area contributed by atoms with E-state index in [2.05, 4.69) is 15.4 Å². The van der Waals surface area contributed by atoms with Gasteiger partial charge in [0.25, 0.3) is 0 Å². The first-order chi connectivity index (χ1) is 7.68. The zero-order valence-corrected chi connectivity index (χ0v) is 11.4. The molecule has 0 aliphatic heterocycles. The van der Waals surface area contributed by atoms with Gasteiger partial charge in [0, 0.05) is 18.1 Å². The molecule has 0 spiro atoms. The fourth-order valence-electron chi connectivity index (χ4n) is 1.63. The summed E-state index contributed by atoms with van der Waals surface area (Å²) in [5.41, 5.74) is -0.690. The van der Waals surface area contributed by atoms with E-state index in [0.717, 1.165) is 25.5 Å². The molecule has 0 atom stereocenters. The van der Waals surface area contributed by atoms with Crippen LogP contribution in [-0.4, -0.2) is 38.8 Å². The monoisotopic (exact) mass is 263 g/mol. The average molecular weight is 263 g/mol. The van der Waals surface area contributed by atoms with Crippen molar-refractivity contribution in [2.24, 2.45) is 0 Å². The number of carbonyl (C=O) groups is 1. The Bertz CT molecular complexity index is 374. The van der Waals surface area contributed by atoms with Crippen LogP contribution in [0.3, 0.4) is 0 Å². The van der Waals surface area contributed by atoms with Gasteiger partial charge < -0.3 is 10.6 Å². The molecule has 7 heteroatoms. The number of sulfonamides is 1. The normalized spacial score (nSPS) is 17.4. The second-order valence-electron chi connectivity index (χ2n) is 5.21. The van der Waals surface area contributed by atoms with Gasteiger partial charge in [0.05, 0.1) is 6.26 Å². The first-order valence-electron chi connectivity index (χ1n) is 5.71. The molecule has 1 saturated carbocycles. The molecule has 0 saturated heterocycles. The SMILES string of the molecule is CC(C)(CNC(=O)NC1CCC1)NS(C)(=O)=O. The maximum atomic E-state index is 11.5. The minimum absolute atomic E-state index is 0.238. The van der Waals surface area contributed by atoms with E-state index in [9.17, 15) is 13.2 Å². The molecule has 0 radical (unpaired) electrons. The van der Waals surface area contributed by atoms with Crippen molar-refractivity contribution in [2.45, 2.75) is 44.7 Å². The summed E-state index contributed by atoms with van der Waals surface area (Å²) in [4.78, 5) is 11.5. The van der Waals surface area contributed by atoms with Gasteiger partial charge in [-0.1, -0.05) is 0 Å². The predicted molar refractivity (Wildman–Crippen MR) is 66.2 cm³/mol. The van der Waals surface area contributed by atoms with Crippen molar-refractivity contribution in [3.63, 3.8) is 0 Å². The Morgan fingerprint density at radius 2 is 1.94 bits per heavy atom. The lowest BCUT2D eigenvalue weighted by molar-refractivity contribution is 0.225. The van der Waals surface area contributed by atoms with Crippen LogP contribution in [0.5, 0.6) is 0 Å². The summed E-state index contributed by atoms with van der Waals surface area (Å²) < 4.78 is 24.6. The van der Waals surface area contributed by atoms with E-state index in [1.54, 1.807) is 13.8 Å². The zero-order chi connectivity index (χ0) is 13.1. The molecule has 6 nitrogen and oxygen atoms in total. The second-order valence-corrected chi connectivity index (χ2v) is 6.96. The number of urea groups is 1. The van der Waals surface area contributed by atoms with Gasteiger partial charge in [-0.2, -0.15) is 0 Å². The predicted octanol–water partition coefficient (Wildman–Crippen LogP) is 0.166. The largest absolute Gasteiger partial charge is 0.336 e. The molecule has 1 aliphatic rings. The van der Waals surface area contributed by atoms with E-state index < -0.39 is 15.6 Å². The number of amides is 2. The molecule has 2 amide bonds. The van der Waals surface area contributed by atoms with Gasteiger partial charge in [0.15, 0.2) is 0 Å². The summed E-state index contributed by atoms with van der Waals surface area (Å²) in [5, 5.41) is 5.49. The maximum absolute atomic E-state index is 11.5. The lowest BCUT2D eigenvalue weighted by Gasteiger charge is -2.29. The molecule has 0 unspecified atom stereocenters. The summed E-state index contributed by atoms with van der Waals surface area (Å²) in [6.07, 6.45) is 4.31. The lowest BCUT2D eigenvalue weighted by Crippen LogP contribution is -2.54. The quantitative estimate of drug-likeness (QED) is 0.660. The van der Waals surface area contributed by atoms with E-state index in [-0.39, 0.29) is 18.6 Å². The van der Waals surface area contributed by atoms with Crippen LogP contribution in [0, 0.1) is 0 Å². The minimum atomic E-state index is -3.27. The maximum Gasteiger partial charge on any atom is 0.315 e. The summed E-state index contributed by atoms with van der Waals surface area (Å²) in [6, 6.07) is 0.0408. The van der Waals surface area contributed by atoms with Crippen LogP contribution in [0.1, 0.15) is 33.1 Å². The number of carbonyl (C=O) groups excluding carboxylic acids is 1. The number of hydrogen-bond donors (Lipinski definition) is 3. The molecule has 0 aromatic rings. The van der Waals surface area contributed by atoms with Gasteiger partial charge in [-0.3, -0.25) is 0 Å². The molecule has 1 aliphatic carbocycles. The molecular weight excluding hydrogens is 242 g/mol. The summed E-state index contributed by atoms with van der Waals surface area (Å²) >= 11 is 0. The van der Waals surface area contributed by atoms with Crippen molar-refractivity contribution in [1.29, 1.82) is 0 Å². The summed E-state index contributed by atoms with van der Waals surface area (Å²) in [5.74, 6) is 0. The average Bonchev–Trinajstić information content (AvgIpc) is 2.04. The third-order valence-electron chi connectivity index (χ3n) is 2.59.